The highest BCUT2D eigenvalue weighted by Crippen LogP contribution is 2.28. The average Bonchev–Trinajstić information content (AvgIpc) is 2.69. The van der Waals surface area contributed by atoms with Crippen LogP contribution in [0, 0.1) is 6.92 Å². The number of carbonyl (C=O) groups is 2. The molecule has 2 rings (SSSR count). The van der Waals surface area contributed by atoms with Crippen LogP contribution in [0.15, 0.2) is 23.2 Å². The Morgan fingerprint density at radius 3 is 2.55 bits per heavy atom. The highest BCUT2D eigenvalue weighted by molar-refractivity contribution is 7.09. The molecule has 116 valence electrons. The lowest BCUT2D eigenvalue weighted by molar-refractivity contribution is -0.132. The van der Waals surface area contributed by atoms with Crippen LogP contribution in [0.3, 0.4) is 0 Å². The Morgan fingerprint density at radius 1 is 1.27 bits per heavy atom. The molecule has 0 saturated carbocycles. The number of nitrogens with zero attached hydrogens (tertiary/aromatic N) is 2. The fourth-order valence-electron chi connectivity index (χ4n) is 1.75. The molecule has 0 unspecified atom stereocenters. The van der Waals surface area contributed by atoms with Gasteiger partial charge in [0, 0.05) is 18.9 Å². The molecule has 0 bridgehead atoms. The minimum atomic E-state index is -0.511. The molecule has 5 nitrogen and oxygen atoms in total. The van der Waals surface area contributed by atoms with Gasteiger partial charge in [0.15, 0.2) is 4.80 Å². The number of aryl methyl sites for hydroxylation is 1. The third kappa shape index (κ3) is 3.58. The third-order valence-electron chi connectivity index (χ3n) is 2.62. The van der Waals surface area contributed by atoms with E-state index in [-0.39, 0.29) is 11.8 Å². The van der Waals surface area contributed by atoms with Crippen molar-refractivity contribution in [2.24, 2.45) is 4.99 Å². The summed E-state index contributed by atoms with van der Waals surface area (Å²) in [6, 6.07) is 4.86. The van der Waals surface area contributed by atoms with E-state index in [2.05, 4.69) is 4.99 Å². The van der Waals surface area contributed by atoms with Gasteiger partial charge in [-0.3, -0.25) is 9.59 Å². The molecular weight excluding hydrogens is 347 g/mol. The summed E-state index contributed by atoms with van der Waals surface area (Å²) < 4.78 is 6.34. The molecule has 1 aromatic heterocycles. The summed E-state index contributed by atoms with van der Waals surface area (Å²) in [7, 11) is 0. The number of halogens is 2. The minimum absolute atomic E-state index is 0.168. The maximum atomic E-state index is 11.9. The van der Waals surface area contributed by atoms with Crippen LogP contribution >= 0.6 is 34.5 Å². The smallest absolute Gasteiger partial charge is 0.309 e. The van der Waals surface area contributed by atoms with Crippen LogP contribution in [-0.2, 0) is 4.79 Å². The van der Waals surface area contributed by atoms with E-state index < -0.39 is 5.97 Å². The maximum absolute atomic E-state index is 11.9. The molecule has 0 saturated heterocycles. The van der Waals surface area contributed by atoms with Crippen molar-refractivity contribution in [2.75, 3.05) is 0 Å². The zero-order valence-corrected chi connectivity index (χ0v) is 14.3. The minimum Gasteiger partial charge on any atom is -0.408 e. The fourth-order valence-corrected chi connectivity index (χ4v) is 3.02. The van der Waals surface area contributed by atoms with Gasteiger partial charge in [-0.05, 0) is 25.1 Å². The molecule has 1 heterocycles. The number of aromatic nitrogens is 1. The van der Waals surface area contributed by atoms with E-state index in [0.717, 1.165) is 0 Å². The summed E-state index contributed by atoms with van der Waals surface area (Å²) in [4.78, 5) is 28.4. The number of hydrogen-bond acceptors (Lipinski definition) is 5. The number of esters is 1. The van der Waals surface area contributed by atoms with Gasteiger partial charge in [-0.2, -0.15) is 0 Å². The highest BCUT2D eigenvalue weighted by atomic mass is 35.5. The van der Waals surface area contributed by atoms with Gasteiger partial charge >= 0.3 is 5.97 Å². The van der Waals surface area contributed by atoms with E-state index in [1.54, 1.807) is 25.1 Å². The number of thiazole rings is 1. The fraction of sp³-hybridized carbons (Fsp3) is 0.214. The van der Waals surface area contributed by atoms with Crippen molar-refractivity contribution in [2.45, 2.75) is 20.8 Å². The van der Waals surface area contributed by atoms with Gasteiger partial charge in [0.1, 0.15) is 0 Å². The van der Waals surface area contributed by atoms with Gasteiger partial charge in [0.2, 0.25) is 11.8 Å². The number of ether oxygens (including phenoxy) is 1. The van der Waals surface area contributed by atoms with E-state index in [1.807, 2.05) is 0 Å². The molecular formula is C14H12Cl2N2O3S. The Hall–Kier alpha value is -1.63. The first kappa shape index (κ1) is 16.7. The summed E-state index contributed by atoms with van der Waals surface area (Å²) in [5.74, 6) is -0.664. The topological polar surface area (TPSA) is 60.7 Å². The largest absolute Gasteiger partial charge is 0.408 e. The molecule has 0 amide bonds. The first-order valence-electron chi connectivity index (χ1n) is 6.21. The second-order valence-electron chi connectivity index (χ2n) is 4.40. The second-order valence-corrected chi connectivity index (χ2v) is 6.43. The molecule has 0 radical (unpaired) electrons. The standard InChI is InChI=1S/C14H12Cl2N2O3S/c1-7-13(21-9(3)20)18(8(2)19)14(22-7)17-12-6-10(15)4-5-11(12)16/h4-6H,1-3H3. The molecule has 22 heavy (non-hydrogen) atoms. The van der Waals surface area contributed by atoms with Gasteiger partial charge in [-0.1, -0.05) is 34.5 Å². The summed E-state index contributed by atoms with van der Waals surface area (Å²) in [6.07, 6.45) is 0. The quantitative estimate of drug-likeness (QED) is 0.762. The molecule has 0 atom stereocenters. The van der Waals surface area contributed by atoms with Gasteiger partial charge in [0.05, 0.1) is 15.6 Å². The lowest BCUT2D eigenvalue weighted by Gasteiger charge is -2.05. The first-order valence-corrected chi connectivity index (χ1v) is 7.78. The first-order chi connectivity index (χ1) is 10.3. The van der Waals surface area contributed by atoms with Crippen LogP contribution in [0.25, 0.3) is 0 Å². The molecule has 0 spiro atoms. The molecule has 1 aromatic carbocycles. The van der Waals surface area contributed by atoms with Gasteiger partial charge in [-0.25, -0.2) is 9.56 Å². The summed E-state index contributed by atoms with van der Waals surface area (Å²) in [5.41, 5.74) is 0.430. The van der Waals surface area contributed by atoms with Crippen molar-refractivity contribution in [3.8, 4) is 5.88 Å². The van der Waals surface area contributed by atoms with Crippen LogP contribution in [0.1, 0.15) is 23.5 Å². The average molecular weight is 359 g/mol. The molecule has 0 aliphatic carbocycles. The van der Waals surface area contributed by atoms with Crippen LogP contribution in [0.4, 0.5) is 5.69 Å². The Morgan fingerprint density at radius 2 is 1.95 bits per heavy atom. The summed E-state index contributed by atoms with van der Waals surface area (Å²) >= 11 is 13.2. The Balaban J connectivity index is 2.70. The summed E-state index contributed by atoms with van der Waals surface area (Å²) in [5, 5.41) is 0.880. The van der Waals surface area contributed by atoms with E-state index in [0.29, 0.717) is 25.4 Å². The molecule has 0 aliphatic heterocycles. The van der Waals surface area contributed by atoms with E-state index >= 15 is 0 Å². The number of rotatable bonds is 2. The van der Waals surface area contributed by atoms with E-state index in [4.69, 9.17) is 27.9 Å². The zero-order chi connectivity index (χ0) is 16.4. The molecule has 2 aromatic rings. The van der Waals surface area contributed by atoms with Crippen molar-refractivity contribution < 1.29 is 14.3 Å². The number of hydrogen-bond donors (Lipinski definition) is 0. The number of carbonyl (C=O) groups excluding carboxylic acids is 2. The predicted molar refractivity (Wildman–Crippen MR) is 86.3 cm³/mol. The maximum Gasteiger partial charge on any atom is 0.309 e. The zero-order valence-electron chi connectivity index (χ0n) is 12.0. The van der Waals surface area contributed by atoms with Gasteiger partial charge < -0.3 is 4.74 Å². The van der Waals surface area contributed by atoms with Gasteiger partial charge in [0.25, 0.3) is 0 Å². The van der Waals surface area contributed by atoms with E-state index in [1.165, 1.54) is 29.8 Å². The normalized spacial score (nSPS) is 11.6. The SMILES string of the molecule is CC(=O)Oc1c(C)sc(=Nc2cc(Cl)ccc2Cl)n1C(C)=O. The highest BCUT2D eigenvalue weighted by Gasteiger charge is 2.17. The summed E-state index contributed by atoms with van der Waals surface area (Å²) in [6.45, 7) is 4.37. The predicted octanol–water partition coefficient (Wildman–Crippen LogP) is 3.98. The monoisotopic (exact) mass is 358 g/mol. The Labute approximate surface area is 140 Å². The Bertz CT molecular complexity index is 824. The van der Waals surface area contributed by atoms with Crippen LogP contribution < -0.4 is 9.54 Å². The van der Waals surface area contributed by atoms with Crippen molar-refractivity contribution >= 4 is 52.1 Å². The van der Waals surface area contributed by atoms with Crippen LogP contribution in [-0.4, -0.2) is 16.4 Å². The Kier molecular flexibility index (Phi) is 5.05. The van der Waals surface area contributed by atoms with Crippen molar-refractivity contribution in [3.05, 3.63) is 37.9 Å². The lowest BCUT2D eigenvalue weighted by atomic mass is 10.3. The molecule has 0 N–H and O–H groups in total. The second kappa shape index (κ2) is 6.64. The van der Waals surface area contributed by atoms with Crippen LogP contribution in [0.2, 0.25) is 10.0 Å². The van der Waals surface area contributed by atoms with E-state index in [9.17, 15) is 9.59 Å². The van der Waals surface area contributed by atoms with Crippen molar-refractivity contribution in [3.63, 3.8) is 0 Å². The van der Waals surface area contributed by atoms with Crippen molar-refractivity contribution in [1.29, 1.82) is 0 Å². The van der Waals surface area contributed by atoms with Crippen molar-refractivity contribution in [1.82, 2.24) is 4.57 Å². The molecule has 0 fully saturated rings. The molecule has 8 heteroatoms. The number of benzene rings is 1. The third-order valence-corrected chi connectivity index (χ3v) is 4.11. The van der Waals surface area contributed by atoms with Gasteiger partial charge in [-0.15, -0.1) is 0 Å². The lowest BCUT2D eigenvalue weighted by Crippen LogP contribution is -2.22. The molecule has 0 aliphatic rings. The van der Waals surface area contributed by atoms with Crippen LogP contribution in [0.5, 0.6) is 5.88 Å².